The van der Waals surface area contributed by atoms with E-state index in [4.69, 9.17) is 0 Å². The lowest BCUT2D eigenvalue weighted by Gasteiger charge is -2.38. The molecule has 0 bridgehead atoms. The largest absolute Gasteiger partial charge is 0.298 e. The molecule has 1 fully saturated rings. The van der Waals surface area contributed by atoms with Crippen molar-refractivity contribution >= 4 is 0 Å². The van der Waals surface area contributed by atoms with Crippen LogP contribution < -0.4 is 0 Å². The molecule has 1 saturated heterocycles. The van der Waals surface area contributed by atoms with Gasteiger partial charge in [0.15, 0.2) is 0 Å². The van der Waals surface area contributed by atoms with Gasteiger partial charge in [0, 0.05) is 12.1 Å². The number of nitrogens with zero attached hydrogens (tertiary/aromatic N) is 1. The molecule has 0 amide bonds. The molecule has 0 saturated carbocycles. The summed E-state index contributed by atoms with van der Waals surface area (Å²) in [5.74, 6) is 0. The number of likely N-dealkylation sites (tertiary alicyclic amines) is 1. The van der Waals surface area contributed by atoms with E-state index in [-0.39, 0.29) is 0 Å². The Morgan fingerprint density at radius 2 is 2.09 bits per heavy atom. The fourth-order valence-corrected chi connectivity index (χ4v) is 2.14. The van der Waals surface area contributed by atoms with Crippen molar-refractivity contribution in [2.45, 2.75) is 58.5 Å². The Morgan fingerprint density at radius 1 is 1.36 bits per heavy atom. The highest BCUT2D eigenvalue weighted by Gasteiger charge is 2.22. The lowest BCUT2D eigenvalue weighted by Crippen LogP contribution is -2.43. The molecule has 0 unspecified atom stereocenters. The molecular weight excluding hydrogens is 134 g/mol. The first-order valence-electron chi connectivity index (χ1n) is 5.01. The normalized spacial score (nSPS) is 27.8. The van der Waals surface area contributed by atoms with Crippen molar-refractivity contribution in [1.82, 2.24) is 4.90 Å². The van der Waals surface area contributed by atoms with Crippen molar-refractivity contribution in [2.75, 3.05) is 6.54 Å². The summed E-state index contributed by atoms with van der Waals surface area (Å²) in [5.41, 5.74) is 0. The minimum atomic E-state index is 0.750. The van der Waals surface area contributed by atoms with Crippen LogP contribution in [0.2, 0.25) is 0 Å². The zero-order chi connectivity index (χ0) is 8.27. The molecule has 0 aromatic carbocycles. The summed E-state index contributed by atoms with van der Waals surface area (Å²) in [6.07, 6.45) is 5.61. The summed E-state index contributed by atoms with van der Waals surface area (Å²) in [6, 6.07) is 1.63. The third-order valence-corrected chi connectivity index (χ3v) is 2.81. The van der Waals surface area contributed by atoms with E-state index in [1.54, 1.807) is 0 Å². The van der Waals surface area contributed by atoms with Gasteiger partial charge in [-0.25, -0.2) is 0 Å². The molecule has 1 atom stereocenters. The van der Waals surface area contributed by atoms with Crippen LogP contribution in [-0.2, 0) is 0 Å². The smallest absolute Gasteiger partial charge is 0.00953 e. The predicted molar refractivity (Wildman–Crippen MR) is 49.8 cm³/mol. The third-order valence-electron chi connectivity index (χ3n) is 2.81. The van der Waals surface area contributed by atoms with Crippen molar-refractivity contribution in [2.24, 2.45) is 0 Å². The Balaban J connectivity index is 2.44. The van der Waals surface area contributed by atoms with Crippen LogP contribution in [0.15, 0.2) is 0 Å². The summed E-state index contributed by atoms with van der Waals surface area (Å²) in [5, 5.41) is 0. The minimum Gasteiger partial charge on any atom is -0.298 e. The van der Waals surface area contributed by atoms with E-state index in [0.717, 1.165) is 12.1 Å². The van der Waals surface area contributed by atoms with Crippen molar-refractivity contribution in [3.63, 3.8) is 0 Å². The summed E-state index contributed by atoms with van der Waals surface area (Å²) >= 11 is 0. The number of rotatable bonds is 2. The fourth-order valence-electron chi connectivity index (χ4n) is 2.14. The summed E-state index contributed by atoms with van der Waals surface area (Å²) in [4.78, 5) is 2.66. The van der Waals surface area contributed by atoms with E-state index in [9.17, 15) is 0 Å². The molecule has 1 nitrogen and oxygen atoms in total. The highest BCUT2D eigenvalue weighted by atomic mass is 15.2. The molecule has 11 heavy (non-hydrogen) atoms. The number of hydrogen-bond acceptors (Lipinski definition) is 1. The van der Waals surface area contributed by atoms with Crippen LogP contribution in [0.1, 0.15) is 46.5 Å². The molecule has 0 aromatic heterocycles. The molecule has 66 valence electrons. The van der Waals surface area contributed by atoms with Crippen LogP contribution in [0.4, 0.5) is 0 Å². The van der Waals surface area contributed by atoms with E-state index in [1.807, 2.05) is 0 Å². The highest BCUT2D eigenvalue weighted by molar-refractivity contribution is 4.77. The molecular formula is C10H21N. The van der Waals surface area contributed by atoms with Gasteiger partial charge in [-0.15, -0.1) is 0 Å². The van der Waals surface area contributed by atoms with Crippen LogP contribution in [0.3, 0.4) is 0 Å². The predicted octanol–water partition coefficient (Wildman–Crippen LogP) is 2.66. The SMILES string of the molecule is CC[C@@H]1CCCCN1C(C)C. The van der Waals surface area contributed by atoms with Gasteiger partial charge in [-0.1, -0.05) is 13.3 Å². The quantitative estimate of drug-likeness (QED) is 0.592. The molecule has 0 radical (unpaired) electrons. The van der Waals surface area contributed by atoms with Gasteiger partial charge in [0.05, 0.1) is 0 Å². The molecule has 1 aliphatic rings. The molecule has 0 N–H and O–H groups in total. The maximum Gasteiger partial charge on any atom is 0.00953 e. The monoisotopic (exact) mass is 155 g/mol. The van der Waals surface area contributed by atoms with Crippen molar-refractivity contribution in [1.29, 1.82) is 0 Å². The Hall–Kier alpha value is -0.0400. The van der Waals surface area contributed by atoms with Crippen LogP contribution in [-0.4, -0.2) is 23.5 Å². The van der Waals surface area contributed by atoms with Crippen LogP contribution in [0.5, 0.6) is 0 Å². The Kier molecular flexibility index (Phi) is 3.38. The van der Waals surface area contributed by atoms with E-state index in [0.29, 0.717) is 0 Å². The van der Waals surface area contributed by atoms with Gasteiger partial charge in [0.25, 0.3) is 0 Å². The second-order valence-corrected chi connectivity index (χ2v) is 3.89. The van der Waals surface area contributed by atoms with Gasteiger partial charge in [-0.2, -0.15) is 0 Å². The summed E-state index contributed by atoms with van der Waals surface area (Å²) in [6.45, 7) is 8.27. The van der Waals surface area contributed by atoms with Gasteiger partial charge < -0.3 is 0 Å². The molecule has 1 rings (SSSR count). The molecule has 0 aliphatic carbocycles. The van der Waals surface area contributed by atoms with Gasteiger partial charge in [0.1, 0.15) is 0 Å². The zero-order valence-electron chi connectivity index (χ0n) is 8.14. The first kappa shape index (κ1) is 9.05. The van der Waals surface area contributed by atoms with E-state index in [2.05, 4.69) is 25.7 Å². The van der Waals surface area contributed by atoms with Crippen molar-refractivity contribution in [3.8, 4) is 0 Å². The van der Waals surface area contributed by atoms with E-state index < -0.39 is 0 Å². The number of piperidine rings is 1. The first-order chi connectivity index (χ1) is 5.25. The maximum atomic E-state index is 2.66. The standard InChI is InChI=1S/C10H21N/c1-4-10-7-5-6-8-11(10)9(2)3/h9-10H,4-8H2,1-3H3/t10-/m1/s1. The maximum absolute atomic E-state index is 2.66. The average Bonchev–Trinajstić information content (AvgIpc) is 2.04. The van der Waals surface area contributed by atoms with Crippen LogP contribution >= 0.6 is 0 Å². The lowest BCUT2D eigenvalue weighted by molar-refractivity contribution is 0.109. The van der Waals surface area contributed by atoms with Gasteiger partial charge in [-0.05, 0) is 39.7 Å². The van der Waals surface area contributed by atoms with Gasteiger partial charge in [-0.3, -0.25) is 4.90 Å². The average molecular weight is 155 g/mol. The van der Waals surface area contributed by atoms with Gasteiger partial charge >= 0.3 is 0 Å². The van der Waals surface area contributed by atoms with Crippen molar-refractivity contribution in [3.05, 3.63) is 0 Å². The molecule has 1 heterocycles. The van der Waals surface area contributed by atoms with E-state index in [1.165, 1.54) is 32.2 Å². The fraction of sp³-hybridized carbons (Fsp3) is 1.00. The minimum absolute atomic E-state index is 0.750. The topological polar surface area (TPSA) is 3.24 Å². The zero-order valence-corrected chi connectivity index (χ0v) is 8.14. The van der Waals surface area contributed by atoms with Gasteiger partial charge in [0.2, 0.25) is 0 Å². The van der Waals surface area contributed by atoms with Crippen LogP contribution in [0, 0.1) is 0 Å². The number of hydrogen-bond donors (Lipinski definition) is 0. The Labute approximate surface area is 70.8 Å². The second kappa shape index (κ2) is 4.10. The summed E-state index contributed by atoms with van der Waals surface area (Å²) < 4.78 is 0. The highest BCUT2D eigenvalue weighted by Crippen LogP contribution is 2.21. The lowest BCUT2D eigenvalue weighted by atomic mass is 9.98. The van der Waals surface area contributed by atoms with Crippen LogP contribution in [0.25, 0.3) is 0 Å². The van der Waals surface area contributed by atoms with E-state index >= 15 is 0 Å². The Bertz CT molecular complexity index is 109. The molecule has 0 aromatic rings. The second-order valence-electron chi connectivity index (χ2n) is 3.89. The molecule has 1 heteroatoms. The Morgan fingerprint density at radius 3 is 2.55 bits per heavy atom. The third kappa shape index (κ3) is 2.19. The molecule has 0 spiro atoms. The first-order valence-corrected chi connectivity index (χ1v) is 5.01. The van der Waals surface area contributed by atoms with Crippen molar-refractivity contribution < 1.29 is 0 Å². The molecule has 1 aliphatic heterocycles. The summed E-state index contributed by atoms with van der Waals surface area (Å²) in [7, 11) is 0.